The summed E-state index contributed by atoms with van der Waals surface area (Å²) >= 11 is 0. The van der Waals surface area contributed by atoms with Gasteiger partial charge >= 0.3 is 0 Å². The van der Waals surface area contributed by atoms with E-state index in [1.54, 1.807) is 6.92 Å². The van der Waals surface area contributed by atoms with Gasteiger partial charge in [-0.1, -0.05) is 30.3 Å². The Balaban J connectivity index is 1.82. The molecule has 1 aliphatic rings. The van der Waals surface area contributed by atoms with E-state index in [0.29, 0.717) is 5.75 Å². The van der Waals surface area contributed by atoms with E-state index in [9.17, 15) is 8.42 Å². The SMILES string of the molecule is CCS(=O)(=O)NCCOc1ccc2c(c1)[C@@H](Cc1ccccc1)[C@@H](NC)C(C)(C)O2. The van der Waals surface area contributed by atoms with E-state index < -0.39 is 10.0 Å². The second-order valence-electron chi connectivity index (χ2n) is 8.11. The van der Waals surface area contributed by atoms with Gasteiger partial charge in [-0.2, -0.15) is 0 Å². The van der Waals surface area contributed by atoms with Gasteiger partial charge in [0.2, 0.25) is 10.0 Å². The summed E-state index contributed by atoms with van der Waals surface area (Å²) in [7, 11) is -1.24. The standard InChI is InChI=1S/C23H32N2O4S/c1-5-30(26,27)25-13-14-28-18-11-12-21-19(16-18)20(15-17-9-7-6-8-10-17)22(24-4)23(2,3)29-21/h6-12,16,20,22,24-25H,5,13-15H2,1-4H3/t20-,22-/m1/s1. The normalized spacial score (nSPS) is 20.3. The Bertz CT molecular complexity index is 945. The van der Waals surface area contributed by atoms with E-state index in [0.717, 1.165) is 17.7 Å². The second-order valence-corrected chi connectivity index (χ2v) is 10.2. The van der Waals surface area contributed by atoms with E-state index in [-0.39, 0.29) is 36.5 Å². The summed E-state index contributed by atoms with van der Waals surface area (Å²) in [4.78, 5) is 0. The molecule has 0 unspecified atom stereocenters. The molecule has 0 amide bonds. The number of nitrogens with one attached hydrogen (secondary N) is 2. The molecule has 2 atom stereocenters. The molecule has 0 fully saturated rings. The first-order valence-corrected chi connectivity index (χ1v) is 12.0. The molecule has 0 radical (unpaired) electrons. The van der Waals surface area contributed by atoms with Crippen molar-refractivity contribution in [2.75, 3.05) is 26.0 Å². The molecule has 2 N–H and O–H groups in total. The van der Waals surface area contributed by atoms with Crippen molar-refractivity contribution in [1.82, 2.24) is 10.0 Å². The van der Waals surface area contributed by atoms with Gasteiger partial charge in [-0.25, -0.2) is 13.1 Å². The fourth-order valence-electron chi connectivity index (χ4n) is 4.12. The minimum atomic E-state index is -3.21. The van der Waals surface area contributed by atoms with E-state index in [4.69, 9.17) is 9.47 Å². The zero-order chi connectivity index (χ0) is 21.8. The summed E-state index contributed by atoms with van der Waals surface area (Å²) in [5.74, 6) is 1.84. The molecule has 0 spiro atoms. The van der Waals surface area contributed by atoms with Crippen LogP contribution in [0.3, 0.4) is 0 Å². The molecule has 0 saturated carbocycles. The van der Waals surface area contributed by atoms with Gasteiger partial charge in [0, 0.05) is 18.0 Å². The van der Waals surface area contributed by atoms with Crippen molar-refractivity contribution in [2.45, 2.75) is 44.8 Å². The van der Waals surface area contributed by atoms with Crippen LogP contribution >= 0.6 is 0 Å². The van der Waals surface area contributed by atoms with Gasteiger partial charge < -0.3 is 14.8 Å². The lowest BCUT2D eigenvalue weighted by Crippen LogP contribution is -2.55. The Hall–Kier alpha value is -2.09. The molecule has 0 saturated heterocycles. The molecule has 0 aromatic heterocycles. The molecule has 164 valence electrons. The molecule has 2 aromatic carbocycles. The number of benzene rings is 2. The quantitative estimate of drug-likeness (QED) is 0.596. The summed E-state index contributed by atoms with van der Waals surface area (Å²) in [5, 5.41) is 3.46. The van der Waals surface area contributed by atoms with Gasteiger partial charge in [-0.3, -0.25) is 0 Å². The molecular weight excluding hydrogens is 400 g/mol. The van der Waals surface area contributed by atoms with Gasteiger partial charge in [-0.05, 0) is 58.0 Å². The number of sulfonamides is 1. The fraction of sp³-hybridized carbons (Fsp3) is 0.478. The lowest BCUT2D eigenvalue weighted by Gasteiger charge is -2.45. The van der Waals surface area contributed by atoms with Crippen LogP contribution < -0.4 is 19.5 Å². The van der Waals surface area contributed by atoms with Crippen LogP contribution in [0.4, 0.5) is 0 Å². The first-order chi connectivity index (χ1) is 14.3. The molecule has 0 bridgehead atoms. The van der Waals surface area contributed by atoms with E-state index >= 15 is 0 Å². The van der Waals surface area contributed by atoms with Gasteiger partial charge in [0.05, 0.1) is 11.8 Å². The molecule has 6 nitrogen and oxygen atoms in total. The molecule has 1 heterocycles. The van der Waals surface area contributed by atoms with Gasteiger partial charge in [-0.15, -0.1) is 0 Å². The smallest absolute Gasteiger partial charge is 0.211 e. The van der Waals surface area contributed by atoms with E-state index in [1.165, 1.54) is 5.56 Å². The Morgan fingerprint density at radius 1 is 1.13 bits per heavy atom. The lowest BCUT2D eigenvalue weighted by atomic mass is 9.76. The van der Waals surface area contributed by atoms with Crippen molar-refractivity contribution < 1.29 is 17.9 Å². The number of ether oxygens (including phenoxy) is 2. The molecule has 3 rings (SSSR count). The first-order valence-electron chi connectivity index (χ1n) is 10.4. The second kappa shape index (κ2) is 9.37. The van der Waals surface area contributed by atoms with Gasteiger partial charge in [0.1, 0.15) is 23.7 Å². The maximum Gasteiger partial charge on any atom is 0.211 e. The number of rotatable bonds is 9. The molecule has 1 aliphatic heterocycles. The predicted molar refractivity (Wildman–Crippen MR) is 120 cm³/mol. The topological polar surface area (TPSA) is 76.7 Å². The minimum Gasteiger partial charge on any atom is -0.492 e. The van der Waals surface area contributed by atoms with Crippen molar-refractivity contribution in [3.05, 3.63) is 59.7 Å². The highest BCUT2D eigenvalue weighted by molar-refractivity contribution is 7.89. The van der Waals surface area contributed by atoms with Crippen LogP contribution in [0.15, 0.2) is 48.5 Å². The van der Waals surface area contributed by atoms with Crippen LogP contribution in [0.1, 0.15) is 37.8 Å². The molecule has 7 heteroatoms. The Kier molecular flexibility index (Phi) is 7.06. The fourth-order valence-corrected chi connectivity index (χ4v) is 4.72. The number of likely N-dealkylation sites (N-methyl/N-ethyl adjacent to an activating group) is 1. The van der Waals surface area contributed by atoms with E-state index in [1.807, 2.05) is 31.3 Å². The van der Waals surface area contributed by atoms with Crippen molar-refractivity contribution in [2.24, 2.45) is 0 Å². The third kappa shape index (κ3) is 5.33. The first kappa shape index (κ1) is 22.6. The third-order valence-corrected chi connectivity index (χ3v) is 6.99. The Labute approximate surface area is 180 Å². The average molecular weight is 433 g/mol. The van der Waals surface area contributed by atoms with Crippen LogP contribution in [0, 0.1) is 0 Å². The van der Waals surface area contributed by atoms with Gasteiger partial charge in [0.25, 0.3) is 0 Å². The minimum absolute atomic E-state index is 0.0611. The van der Waals surface area contributed by atoms with Crippen molar-refractivity contribution in [3.63, 3.8) is 0 Å². The van der Waals surface area contributed by atoms with Gasteiger partial charge in [0.15, 0.2) is 0 Å². The predicted octanol–water partition coefficient (Wildman–Crippen LogP) is 3.09. The van der Waals surface area contributed by atoms with Crippen molar-refractivity contribution >= 4 is 10.0 Å². The summed E-state index contributed by atoms with van der Waals surface area (Å²) in [6.45, 7) is 6.34. The van der Waals surface area contributed by atoms with Crippen molar-refractivity contribution in [3.8, 4) is 11.5 Å². The third-order valence-electron chi connectivity index (χ3n) is 5.59. The summed E-state index contributed by atoms with van der Waals surface area (Å²) in [6, 6.07) is 16.4. The monoisotopic (exact) mass is 432 g/mol. The molecule has 30 heavy (non-hydrogen) atoms. The number of hydrogen-bond acceptors (Lipinski definition) is 5. The highest BCUT2D eigenvalue weighted by atomic mass is 32.2. The maximum atomic E-state index is 11.6. The van der Waals surface area contributed by atoms with Crippen LogP contribution in [-0.4, -0.2) is 46.0 Å². The van der Waals surface area contributed by atoms with Crippen LogP contribution in [0.2, 0.25) is 0 Å². The van der Waals surface area contributed by atoms with Crippen LogP contribution in [0.25, 0.3) is 0 Å². The summed E-state index contributed by atoms with van der Waals surface area (Å²) in [6.07, 6.45) is 0.881. The summed E-state index contributed by atoms with van der Waals surface area (Å²) < 4.78 is 37.8. The molecule has 2 aromatic rings. The number of fused-ring (bicyclic) bond motifs is 1. The Morgan fingerprint density at radius 2 is 1.87 bits per heavy atom. The zero-order valence-electron chi connectivity index (χ0n) is 18.1. The lowest BCUT2D eigenvalue weighted by molar-refractivity contribution is 0.0364. The van der Waals surface area contributed by atoms with Crippen molar-refractivity contribution in [1.29, 1.82) is 0 Å². The highest BCUT2D eigenvalue weighted by Gasteiger charge is 2.43. The average Bonchev–Trinajstić information content (AvgIpc) is 2.72. The summed E-state index contributed by atoms with van der Waals surface area (Å²) in [5.41, 5.74) is 2.01. The van der Waals surface area contributed by atoms with Crippen LogP contribution in [0.5, 0.6) is 11.5 Å². The number of hydrogen-bond donors (Lipinski definition) is 2. The van der Waals surface area contributed by atoms with Crippen LogP contribution in [-0.2, 0) is 16.4 Å². The highest BCUT2D eigenvalue weighted by Crippen LogP contribution is 2.44. The maximum absolute atomic E-state index is 11.6. The molecule has 0 aliphatic carbocycles. The largest absolute Gasteiger partial charge is 0.492 e. The van der Waals surface area contributed by atoms with E-state index in [2.05, 4.69) is 48.2 Å². The Morgan fingerprint density at radius 3 is 2.53 bits per heavy atom. The zero-order valence-corrected chi connectivity index (χ0v) is 19.0. The molecular formula is C23H32N2O4S.